The molecule has 138 valence electrons. The molecule has 0 unspecified atom stereocenters. The Morgan fingerprint density at radius 1 is 1.07 bits per heavy atom. The number of aromatic nitrogens is 4. The van der Waals surface area contributed by atoms with Crippen LogP contribution in [0.4, 0.5) is 11.8 Å². The van der Waals surface area contributed by atoms with Crippen molar-refractivity contribution < 1.29 is 4.98 Å². The molecule has 6 nitrogen and oxygen atoms in total. The van der Waals surface area contributed by atoms with E-state index in [-0.39, 0.29) is 0 Å². The molecule has 3 aromatic heterocycles. The van der Waals surface area contributed by atoms with Gasteiger partial charge in [-0.2, -0.15) is 0 Å². The van der Waals surface area contributed by atoms with Gasteiger partial charge in [-0.3, -0.25) is 9.88 Å². The molecule has 0 aromatic carbocycles. The fourth-order valence-corrected chi connectivity index (χ4v) is 3.61. The Hall–Kier alpha value is -2.25. The Labute approximate surface area is 171 Å². The Morgan fingerprint density at radius 2 is 1.85 bits per heavy atom. The van der Waals surface area contributed by atoms with Crippen molar-refractivity contribution in [2.45, 2.75) is 6.92 Å². The minimum atomic E-state index is 0.618. The van der Waals surface area contributed by atoms with E-state index in [9.17, 15) is 0 Å². The Balaban J connectivity index is 1.53. The predicted octanol–water partition coefficient (Wildman–Crippen LogP) is 3.40. The van der Waals surface area contributed by atoms with Gasteiger partial charge in [0.2, 0.25) is 0 Å². The minimum Gasteiger partial charge on any atom is -0.350 e. The van der Waals surface area contributed by atoms with E-state index in [1.165, 1.54) is 0 Å². The summed E-state index contributed by atoms with van der Waals surface area (Å²) in [5.41, 5.74) is 2.92. The van der Waals surface area contributed by atoms with Gasteiger partial charge in [0, 0.05) is 18.0 Å². The van der Waals surface area contributed by atoms with Crippen LogP contribution in [0, 0.1) is 6.92 Å². The van der Waals surface area contributed by atoms with Crippen LogP contribution in [-0.2, 0) is 0 Å². The zero-order valence-electron chi connectivity index (χ0n) is 14.9. The molecule has 1 fully saturated rings. The third kappa shape index (κ3) is 3.89. The van der Waals surface area contributed by atoms with Gasteiger partial charge in [0.15, 0.2) is 0 Å². The topological polar surface area (TPSA) is 59.3 Å². The van der Waals surface area contributed by atoms with Crippen LogP contribution in [0.25, 0.3) is 11.3 Å². The quantitative estimate of drug-likeness (QED) is 0.617. The highest BCUT2D eigenvalue weighted by atomic mass is 79.9. The highest BCUT2D eigenvalue weighted by Gasteiger charge is 2.25. The van der Waals surface area contributed by atoms with E-state index in [0.717, 1.165) is 59.2 Å². The van der Waals surface area contributed by atoms with Crippen LogP contribution in [0.1, 0.15) is 5.56 Å². The van der Waals surface area contributed by atoms with Gasteiger partial charge >= 0.3 is 5.95 Å². The second kappa shape index (κ2) is 7.78. The number of nitrogens with one attached hydrogen (secondary N) is 1. The van der Waals surface area contributed by atoms with Gasteiger partial charge in [0.25, 0.3) is 0 Å². The molecule has 1 aliphatic rings. The molecule has 0 spiro atoms. The van der Waals surface area contributed by atoms with E-state index in [4.69, 9.17) is 11.6 Å². The molecular formula is C19H19BrClN6+. The second-order valence-electron chi connectivity index (χ2n) is 6.42. The number of rotatable bonds is 3. The number of H-pyrrole nitrogens is 1. The summed E-state index contributed by atoms with van der Waals surface area (Å²) in [6, 6.07) is 6.01. The van der Waals surface area contributed by atoms with E-state index in [0.29, 0.717) is 5.02 Å². The number of aryl methyl sites for hydroxylation is 1. The lowest BCUT2D eigenvalue weighted by atomic mass is 10.1. The average molecular weight is 447 g/mol. The lowest BCUT2D eigenvalue weighted by Crippen LogP contribution is -2.48. The zero-order chi connectivity index (χ0) is 18.8. The van der Waals surface area contributed by atoms with Crippen LogP contribution >= 0.6 is 27.5 Å². The number of aromatic amines is 1. The first-order valence-electron chi connectivity index (χ1n) is 8.72. The molecule has 0 amide bonds. The molecule has 4 rings (SSSR count). The fraction of sp³-hybridized carbons (Fsp3) is 0.263. The summed E-state index contributed by atoms with van der Waals surface area (Å²) in [5, 5.41) is 0.618. The number of hydrogen-bond acceptors (Lipinski definition) is 5. The lowest BCUT2D eigenvalue weighted by Gasteiger charge is -2.32. The second-order valence-corrected chi connectivity index (χ2v) is 7.74. The number of pyridine rings is 2. The molecular weight excluding hydrogens is 428 g/mol. The summed E-state index contributed by atoms with van der Waals surface area (Å²) in [6.45, 7) is 5.50. The van der Waals surface area contributed by atoms with Crippen molar-refractivity contribution >= 4 is 39.3 Å². The molecule has 8 heteroatoms. The predicted molar refractivity (Wildman–Crippen MR) is 110 cm³/mol. The molecule has 1 saturated heterocycles. The molecule has 27 heavy (non-hydrogen) atoms. The number of anilines is 2. The first-order chi connectivity index (χ1) is 13.1. The molecule has 0 saturated carbocycles. The van der Waals surface area contributed by atoms with Crippen LogP contribution in [0.2, 0.25) is 5.02 Å². The first-order valence-corrected chi connectivity index (χ1v) is 9.89. The Morgan fingerprint density at radius 3 is 2.56 bits per heavy atom. The van der Waals surface area contributed by atoms with Crippen LogP contribution in [-0.4, -0.2) is 41.1 Å². The summed E-state index contributed by atoms with van der Waals surface area (Å²) < 4.78 is 0.938. The standard InChI is InChI=1S/C19H18BrClN6/c1-13-3-2-4-22-18(13)15-9-17(23-12-16(15)21)26-5-7-27(8-6-26)19-24-10-14(20)11-25-19/h2-4,9-12H,5-8H2,1H3/p+1. The maximum Gasteiger partial charge on any atom is 0.391 e. The van der Waals surface area contributed by atoms with Crippen molar-refractivity contribution in [1.82, 2.24) is 15.0 Å². The van der Waals surface area contributed by atoms with Crippen molar-refractivity contribution in [2.24, 2.45) is 0 Å². The third-order valence-corrected chi connectivity index (χ3v) is 5.39. The molecule has 0 bridgehead atoms. The van der Waals surface area contributed by atoms with Gasteiger partial charge < -0.3 is 4.90 Å². The van der Waals surface area contributed by atoms with Gasteiger partial charge in [-0.1, -0.05) is 22.7 Å². The average Bonchev–Trinajstić information content (AvgIpc) is 2.70. The van der Waals surface area contributed by atoms with Gasteiger partial charge in [0.05, 0.1) is 47.6 Å². The van der Waals surface area contributed by atoms with E-state index >= 15 is 0 Å². The number of nitrogens with zero attached hydrogens (tertiary/aromatic N) is 5. The third-order valence-electron chi connectivity index (χ3n) is 4.66. The monoisotopic (exact) mass is 445 g/mol. The van der Waals surface area contributed by atoms with Gasteiger partial charge in [-0.05, 0) is 40.5 Å². The van der Waals surface area contributed by atoms with Crippen molar-refractivity contribution in [3.05, 3.63) is 58.0 Å². The Bertz CT molecular complexity index is 941. The van der Waals surface area contributed by atoms with Crippen molar-refractivity contribution in [3.8, 4) is 11.3 Å². The van der Waals surface area contributed by atoms with E-state index in [2.05, 4.69) is 45.7 Å². The van der Waals surface area contributed by atoms with Crippen molar-refractivity contribution in [2.75, 3.05) is 36.0 Å². The van der Waals surface area contributed by atoms with Crippen LogP contribution in [0.5, 0.6) is 0 Å². The summed E-state index contributed by atoms with van der Waals surface area (Å²) in [4.78, 5) is 21.2. The summed E-state index contributed by atoms with van der Waals surface area (Å²) in [5.74, 6) is 1.80. The van der Waals surface area contributed by atoms with Crippen molar-refractivity contribution in [3.63, 3.8) is 0 Å². The van der Waals surface area contributed by atoms with Crippen molar-refractivity contribution in [1.29, 1.82) is 0 Å². The Kier molecular flexibility index (Phi) is 5.22. The summed E-state index contributed by atoms with van der Waals surface area (Å²) in [6.07, 6.45) is 7.22. The SMILES string of the molecule is Cc1cccnc1-c1cc(N2CCN(c3ncc(Br)c[nH+]3)CC2)ncc1Cl. The fourth-order valence-electron chi connectivity index (χ4n) is 3.20. The molecule has 3 aromatic rings. The maximum absolute atomic E-state index is 6.41. The molecule has 1 aliphatic heterocycles. The highest BCUT2D eigenvalue weighted by Crippen LogP contribution is 2.31. The molecule has 0 radical (unpaired) electrons. The zero-order valence-corrected chi connectivity index (χ0v) is 17.2. The first kappa shape index (κ1) is 18.1. The van der Waals surface area contributed by atoms with E-state index in [1.54, 1.807) is 18.6 Å². The molecule has 1 N–H and O–H groups in total. The van der Waals surface area contributed by atoms with Gasteiger partial charge in [0.1, 0.15) is 12.0 Å². The van der Waals surface area contributed by atoms with Crippen LogP contribution in [0.15, 0.2) is 47.5 Å². The van der Waals surface area contributed by atoms with Crippen LogP contribution in [0.3, 0.4) is 0 Å². The minimum absolute atomic E-state index is 0.618. The normalized spacial score (nSPS) is 14.5. The smallest absolute Gasteiger partial charge is 0.350 e. The molecule has 0 aliphatic carbocycles. The number of hydrogen-bond donors (Lipinski definition) is 0. The lowest BCUT2D eigenvalue weighted by molar-refractivity contribution is -0.369. The maximum atomic E-state index is 6.41. The van der Waals surface area contributed by atoms with Gasteiger partial charge in [-0.15, -0.1) is 0 Å². The van der Waals surface area contributed by atoms with E-state index in [1.807, 2.05) is 31.3 Å². The van der Waals surface area contributed by atoms with Crippen LogP contribution < -0.4 is 14.8 Å². The largest absolute Gasteiger partial charge is 0.391 e. The number of piperazine rings is 1. The molecule has 4 heterocycles. The van der Waals surface area contributed by atoms with E-state index < -0.39 is 0 Å². The van der Waals surface area contributed by atoms with Gasteiger partial charge in [-0.25, -0.2) is 9.97 Å². The highest BCUT2D eigenvalue weighted by molar-refractivity contribution is 9.10. The number of halogens is 2. The molecule has 0 atom stereocenters. The summed E-state index contributed by atoms with van der Waals surface area (Å²) >= 11 is 9.81. The summed E-state index contributed by atoms with van der Waals surface area (Å²) in [7, 11) is 0.